The Hall–Kier alpha value is -0.570. The lowest BCUT2D eigenvalue weighted by atomic mass is 10.1. The molecular weight excluding hydrogens is 204 g/mol. The first-order valence-electron chi connectivity index (χ1n) is 6.47. The second-order valence-electron chi connectivity index (χ2n) is 4.44. The average molecular weight is 230 g/mol. The molecule has 0 aliphatic rings. The Kier molecular flexibility index (Phi) is 9.30. The van der Waals surface area contributed by atoms with E-state index in [4.69, 9.17) is 4.74 Å². The summed E-state index contributed by atoms with van der Waals surface area (Å²) >= 11 is 0. The van der Waals surface area contributed by atoms with Crippen molar-refractivity contribution in [1.82, 2.24) is 0 Å². The SMILES string of the molecule is CCCCC(=O)OC(CCCC)CC(C)O. The molecule has 0 aliphatic heterocycles. The standard InChI is InChI=1S/C13H26O3/c1-4-6-8-12(10-11(3)14)16-13(15)9-7-5-2/h11-12,14H,4-10H2,1-3H3. The number of rotatable bonds is 9. The first-order chi connectivity index (χ1) is 7.60. The normalized spacial score (nSPS) is 14.5. The molecule has 3 nitrogen and oxygen atoms in total. The van der Waals surface area contributed by atoms with Crippen molar-refractivity contribution in [3.63, 3.8) is 0 Å². The minimum Gasteiger partial charge on any atom is -0.462 e. The molecule has 0 radical (unpaired) electrons. The van der Waals surface area contributed by atoms with Crippen molar-refractivity contribution in [3.8, 4) is 0 Å². The molecule has 0 amide bonds. The van der Waals surface area contributed by atoms with E-state index in [2.05, 4.69) is 13.8 Å². The first kappa shape index (κ1) is 15.4. The van der Waals surface area contributed by atoms with Crippen LogP contribution >= 0.6 is 0 Å². The van der Waals surface area contributed by atoms with E-state index in [0.29, 0.717) is 12.8 Å². The van der Waals surface area contributed by atoms with Gasteiger partial charge in [-0.15, -0.1) is 0 Å². The summed E-state index contributed by atoms with van der Waals surface area (Å²) in [7, 11) is 0. The highest BCUT2D eigenvalue weighted by Crippen LogP contribution is 2.13. The van der Waals surface area contributed by atoms with Crippen molar-refractivity contribution < 1.29 is 14.6 Å². The predicted octanol–water partition coefficient (Wildman–Crippen LogP) is 3.05. The molecule has 0 aromatic carbocycles. The van der Waals surface area contributed by atoms with Crippen LogP contribution in [0.25, 0.3) is 0 Å². The zero-order valence-electron chi connectivity index (χ0n) is 10.9. The van der Waals surface area contributed by atoms with Crippen molar-refractivity contribution >= 4 is 5.97 Å². The molecule has 0 bridgehead atoms. The van der Waals surface area contributed by atoms with Gasteiger partial charge in [0, 0.05) is 12.8 Å². The molecule has 0 aliphatic carbocycles. The molecule has 0 aromatic heterocycles. The molecule has 0 heterocycles. The van der Waals surface area contributed by atoms with E-state index < -0.39 is 6.10 Å². The highest BCUT2D eigenvalue weighted by molar-refractivity contribution is 5.69. The van der Waals surface area contributed by atoms with Crippen LogP contribution in [-0.4, -0.2) is 23.3 Å². The van der Waals surface area contributed by atoms with E-state index in [9.17, 15) is 9.90 Å². The molecule has 0 spiro atoms. The summed E-state index contributed by atoms with van der Waals surface area (Å²) in [6.45, 7) is 5.90. The third kappa shape index (κ3) is 8.72. The van der Waals surface area contributed by atoms with E-state index in [0.717, 1.165) is 32.1 Å². The van der Waals surface area contributed by atoms with Crippen LogP contribution in [0.3, 0.4) is 0 Å². The molecule has 3 heteroatoms. The number of aliphatic hydroxyl groups is 1. The van der Waals surface area contributed by atoms with E-state index >= 15 is 0 Å². The summed E-state index contributed by atoms with van der Waals surface area (Å²) in [5.41, 5.74) is 0. The van der Waals surface area contributed by atoms with E-state index in [1.165, 1.54) is 0 Å². The number of hydrogen-bond acceptors (Lipinski definition) is 3. The molecule has 0 aromatic rings. The number of carbonyl (C=O) groups excluding carboxylic acids is 1. The van der Waals surface area contributed by atoms with E-state index in [1.807, 2.05) is 0 Å². The van der Waals surface area contributed by atoms with Crippen LogP contribution in [0.4, 0.5) is 0 Å². The van der Waals surface area contributed by atoms with Gasteiger partial charge in [-0.1, -0.05) is 33.1 Å². The number of ether oxygens (including phenoxy) is 1. The van der Waals surface area contributed by atoms with Gasteiger partial charge >= 0.3 is 5.97 Å². The predicted molar refractivity (Wildman–Crippen MR) is 65.2 cm³/mol. The minimum atomic E-state index is -0.402. The summed E-state index contributed by atoms with van der Waals surface area (Å²) in [5, 5.41) is 9.32. The maximum Gasteiger partial charge on any atom is 0.306 e. The van der Waals surface area contributed by atoms with Crippen LogP contribution in [-0.2, 0) is 9.53 Å². The van der Waals surface area contributed by atoms with E-state index in [-0.39, 0.29) is 12.1 Å². The molecule has 0 rings (SSSR count). The van der Waals surface area contributed by atoms with Gasteiger partial charge in [0.2, 0.25) is 0 Å². The fourth-order valence-corrected chi connectivity index (χ4v) is 1.60. The van der Waals surface area contributed by atoms with Crippen LogP contribution in [0, 0.1) is 0 Å². The number of unbranched alkanes of at least 4 members (excludes halogenated alkanes) is 2. The van der Waals surface area contributed by atoms with Gasteiger partial charge in [0.15, 0.2) is 0 Å². The number of carbonyl (C=O) groups is 1. The van der Waals surface area contributed by atoms with Crippen molar-refractivity contribution in [2.24, 2.45) is 0 Å². The van der Waals surface area contributed by atoms with Gasteiger partial charge in [-0.25, -0.2) is 0 Å². The third-order valence-corrected chi connectivity index (χ3v) is 2.52. The van der Waals surface area contributed by atoms with Crippen LogP contribution in [0.2, 0.25) is 0 Å². The zero-order valence-corrected chi connectivity index (χ0v) is 10.9. The van der Waals surface area contributed by atoms with Crippen molar-refractivity contribution in [2.45, 2.75) is 77.9 Å². The lowest BCUT2D eigenvalue weighted by Crippen LogP contribution is -2.22. The van der Waals surface area contributed by atoms with Crippen LogP contribution in [0.15, 0.2) is 0 Å². The second kappa shape index (κ2) is 9.64. The van der Waals surface area contributed by atoms with Crippen molar-refractivity contribution in [3.05, 3.63) is 0 Å². The number of esters is 1. The zero-order chi connectivity index (χ0) is 12.4. The van der Waals surface area contributed by atoms with Crippen LogP contribution in [0.5, 0.6) is 0 Å². The maximum atomic E-state index is 11.5. The molecule has 2 unspecified atom stereocenters. The number of aliphatic hydroxyl groups excluding tert-OH is 1. The second-order valence-corrected chi connectivity index (χ2v) is 4.44. The van der Waals surface area contributed by atoms with Crippen LogP contribution < -0.4 is 0 Å². The Morgan fingerprint density at radius 1 is 1.25 bits per heavy atom. The Balaban J connectivity index is 3.92. The highest BCUT2D eigenvalue weighted by Gasteiger charge is 2.15. The molecular formula is C13H26O3. The lowest BCUT2D eigenvalue weighted by molar-refractivity contribution is -0.150. The highest BCUT2D eigenvalue weighted by atomic mass is 16.5. The van der Waals surface area contributed by atoms with Gasteiger partial charge < -0.3 is 9.84 Å². The Bertz CT molecular complexity index is 178. The van der Waals surface area contributed by atoms with E-state index in [1.54, 1.807) is 6.92 Å². The maximum absolute atomic E-state index is 11.5. The minimum absolute atomic E-state index is 0.107. The van der Waals surface area contributed by atoms with Crippen molar-refractivity contribution in [2.75, 3.05) is 0 Å². The first-order valence-corrected chi connectivity index (χ1v) is 6.47. The van der Waals surface area contributed by atoms with Gasteiger partial charge in [-0.05, 0) is 19.8 Å². The quantitative estimate of drug-likeness (QED) is 0.619. The topological polar surface area (TPSA) is 46.5 Å². The van der Waals surface area contributed by atoms with Gasteiger partial charge in [-0.3, -0.25) is 4.79 Å². The lowest BCUT2D eigenvalue weighted by Gasteiger charge is -2.19. The third-order valence-electron chi connectivity index (χ3n) is 2.52. The smallest absolute Gasteiger partial charge is 0.306 e. The Morgan fingerprint density at radius 2 is 1.88 bits per heavy atom. The number of hydrogen-bond donors (Lipinski definition) is 1. The van der Waals surface area contributed by atoms with Crippen molar-refractivity contribution in [1.29, 1.82) is 0 Å². The average Bonchev–Trinajstić information content (AvgIpc) is 2.22. The fourth-order valence-electron chi connectivity index (χ4n) is 1.60. The van der Waals surface area contributed by atoms with Crippen LogP contribution in [0.1, 0.15) is 65.7 Å². The van der Waals surface area contributed by atoms with Gasteiger partial charge in [0.25, 0.3) is 0 Å². The largest absolute Gasteiger partial charge is 0.462 e. The summed E-state index contributed by atoms with van der Waals surface area (Å²) in [5.74, 6) is -0.122. The summed E-state index contributed by atoms with van der Waals surface area (Å²) in [6.07, 6.45) is 5.42. The summed E-state index contributed by atoms with van der Waals surface area (Å²) in [4.78, 5) is 11.5. The summed E-state index contributed by atoms with van der Waals surface area (Å²) in [6, 6.07) is 0. The van der Waals surface area contributed by atoms with Gasteiger partial charge in [0.1, 0.15) is 6.10 Å². The molecule has 0 saturated heterocycles. The fraction of sp³-hybridized carbons (Fsp3) is 0.923. The monoisotopic (exact) mass is 230 g/mol. The summed E-state index contributed by atoms with van der Waals surface area (Å²) < 4.78 is 5.37. The Morgan fingerprint density at radius 3 is 2.38 bits per heavy atom. The molecule has 96 valence electrons. The molecule has 0 fully saturated rings. The van der Waals surface area contributed by atoms with Gasteiger partial charge in [0.05, 0.1) is 6.10 Å². The van der Waals surface area contributed by atoms with Gasteiger partial charge in [-0.2, -0.15) is 0 Å². The molecule has 16 heavy (non-hydrogen) atoms. The molecule has 1 N–H and O–H groups in total. The Labute approximate surface area is 99.2 Å². The molecule has 0 saturated carbocycles. The molecule has 2 atom stereocenters.